The number of carbonyl (C=O) groups is 1. The Balaban J connectivity index is 1.57. The van der Waals surface area contributed by atoms with E-state index < -0.39 is 0 Å². The third-order valence-electron chi connectivity index (χ3n) is 4.99. The predicted octanol–water partition coefficient (Wildman–Crippen LogP) is 2.39. The summed E-state index contributed by atoms with van der Waals surface area (Å²) in [7, 11) is 1.60. The number of aryl methyl sites for hydroxylation is 1. The van der Waals surface area contributed by atoms with Crippen LogP contribution in [-0.2, 0) is 17.7 Å². The summed E-state index contributed by atoms with van der Waals surface area (Å²) in [4.78, 5) is 27.6. The van der Waals surface area contributed by atoms with Crippen molar-refractivity contribution in [2.24, 2.45) is 0 Å². The summed E-state index contributed by atoms with van der Waals surface area (Å²) in [6, 6.07) is 13.6. The molecule has 0 bridgehead atoms. The van der Waals surface area contributed by atoms with E-state index in [4.69, 9.17) is 4.74 Å². The molecule has 1 unspecified atom stereocenters. The van der Waals surface area contributed by atoms with Crippen molar-refractivity contribution >= 4 is 16.9 Å². The van der Waals surface area contributed by atoms with E-state index in [9.17, 15) is 9.59 Å². The van der Waals surface area contributed by atoms with Gasteiger partial charge < -0.3 is 15.0 Å². The van der Waals surface area contributed by atoms with Crippen LogP contribution >= 0.6 is 0 Å². The Labute approximate surface area is 150 Å². The summed E-state index contributed by atoms with van der Waals surface area (Å²) in [5.41, 5.74) is 4.27. The molecule has 26 heavy (non-hydrogen) atoms. The minimum Gasteiger partial charge on any atom is -0.383 e. The number of imidazole rings is 1. The van der Waals surface area contributed by atoms with Crippen molar-refractivity contribution in [3.8, 4) is 0 Å². The number of benzene rings is 2. The summed E-state index contributed by atoms with van der Waals surface area (Å²) in [5, 5.41) is 3.11. The largest absolute Gasteiger partial charge is 0.383 e. The van der Waals surface area contributed by atoms with Crippen LogP contribution in [0.2, 0.25) is 0 Å². The molecule has 1 aliphatic rings. The number of nitrogens with zero attached hydrogens (tertiary/aromatic N) is 1. The van der Waals surface area contributed by atoms with Gasteiger partial charge in [-0.3, -0.25) is 9.36 Å². The fourth-order valence-corrected chi connectivity index (χ4v) is 3.66. The van der Waals surface area contributed by atoms with Crippen LogP contribution in [0.4, 0.5) is 0 Å². The zero-order valence-corrected chi connectivity index (χ0v) is 14.6. The Bertz CT molecular complexity index is 1020. The van der Waals surface area contributed by atoms with E-state index in [1.165, 1.54) is 11.1 Å². The molecule has 1 atom stereocenters. The maximum absolute atomic E-state index is 12.7. The number of hydrogen-bond acceptors (Lipinski definition) is 3. The monoisotopic (exact) mass is 351 g/mol. The highest BCUT2D eigenvalue weighted by Gasteiger charge is 2.24. The number of H-pyrrole nitrogens is 1. The predicted molar refractivity (Wildman–Crippen MR) is 99.4 cm³/mol. The molecule has 0 spiro atoms. The first kappa shape index (κ1) is 16.6. The molecule has 1 aromatic heterocycles. The van der Waals surface area contributed by atoms with Gasteiger partial charge in [-0.15, -0.1) is 0 Å². The lowest BCUT2D eigenvalue weighted by molar-refractivity contribution is 0.0937. The van der Waals surface area contributed by atoms with Gasteiger partial charge in [0.15, 0.2) is 0 Å². The van der Waals surface area contributed by atoms with Crippen LogP contribution in [0.15, 0.2) is 47.3 Å². The lowest BCUT2D eigenvalue weighted by Gasteiger charge is -2.14. The molecule has 0 fully saturated rings. The first-order valence-corrected chi connectivity index (χ1v) is 8.77. The van der Waals surface area contributed by atoms with Crippen LogP contribution in [0.3, 0.4) is 0 Å². The van der Waals surface area contributed by atoms with E-state index >= 15 is 0 Å². The van der Waals surface area contributed by atoms with Crippen molar-refractivity contribution in [2.45, 2.75) is 25.4 Å². The van der Waals surface area contributed by atoms with E-state index in [0.29, 0.717) is 24.2 Å². The van der Waals surface area contributed by atoms with Gasteiger partial charge in [-0.05, 0) is 42.2 Å². The van der Waals surface area contributed by atoms with E-state index in [2.05, 4.69) is 22.4 Å². The fraction of sp³-hybridized carbons (Fsp3) is 0.300. The Kier molecular flexibility index (Phi) is 4.34. The molecule has 1 amide bonds. The van der Waals surface area contributed by atoms with Gasteiger partial charge in [0.25, 0.3) is 5.91 Å². The van der Waals surface area contributed by atoms with Gasteiger partial charge in [0.2, 0.25) is 0 Å². The van der Waals surface area contributed by atoms with Gasteiger partial charge in [-0.2, -0.15) is 0 Å². The van der Waals surface area contributed by atoms with Gasteiger partial charge in [-0.1, -0.05) is 24.3 Å². The second-order valence-corrected chi connectivity index (χ2v) is 6.57. The zero-order chi connectivity index (χ0) is 18.1. The summed E-state index contributed by atoms with van der Waals surface area (Å²) in [5.74, 6) is -0.126. The molecule has 2 aromatic carbocycles. The Morgan fingerprint density at radius 1 is 1.31 bits per heavy atom. The number of hydrogen-bond donors (Lipinski definition) is 2. The number of aromatic amines is 1. The standard InChI is InChI=1S/C20H21N3O3/c1-26-11-10-23-18-9-7-14(12-17(18)22-20(23)25)19(24)21-16-8-6-13-4-2-3-5-15(13)16/h2-5,7,9,12,16H,6,8,10-11H2,1H3,(H,21,24)(H,22,25). The molecule has 2 N–H and O–H groups in total. The molecule has 3 aromatic rings. The maximum atomic E-state index is 12.7. The summed E-state index contributed by atoms with van der Waals surface area (Å²) >= 11 is 0. The number of ether oxygens (including phenoxy) is 1. The Morgan fingerprint density at radius 2 is 2.15 bits per heavy atom. The average Bonchev–Trinajstić information content (AvgIpc) is 3.20. The first-order valence-electron chi connectivity index (χ1n) is 8.77. The summed E-state index contributed by atoms with van der Waals surface area (Å²) in [6.07, 6.45) is 1.90. The van der Waals surface area contributed by atoms with Gasteiger partial charge in [0.05, 0.1) is 30.2 Å². The number of nitrogens with one attached hydrogen (secondary N) is 2. The lowest BCUT2D eigenvalue weighted by Crippen LogP contribution is -2.27. The molecule has 0 radical (unpaired) electrons. The smallest absolute Gasteiger partial charge is 0.326 e. The number of rotatable bonds is 5. The zero-order valence-electron chi connectivity index (χ0n) is 14.6. The van der Waals surface area contributed by atoms with Crippen LogP contribution in [0, 0.1) is 0 Å². The second-order valence-electron chi connectivity index (χ2n) is 6.57. The number of aromatic nitrogens is 2. The summed E-state index contributed by atoms with van der Waals surface area (Å²) in [6.45, 7) is 0.927. The van der Waals surface area contributed by atoms with Gasteiger partial charge >= 0.3 is 5.69 Å². The third kappa shape index (κ3) is 2.93. The summed E-state index contributed by atoms with van der Waals surface area (Å²) < 4.78 is 6.67. The molecule has 6 nitrogen and oxygen atoms in total. The third-order valence-corrected chi connectivity index (χ3v) is 4.99. The Hall–Kier alpha value is -2.86. The lowest BCUT2D eigenvalue weighted by atomic mass is 10.1. The van der Waals surface area contributed by atoms with Crippen LogP contribution in [0.25, 0.3) is 11.0 Å². The first-order chi connectivity index (χ1) is 12.7. The van der Waals surface area contributed by atoms with Crippen LogP contribution in [-0.4, -0.2) is 29.2 Å². The van der Waals surface area contributed by atoms with E-state index in [1.807, 2.05) is 12.1 Å². The van der Waals surface area contributed by atoms with Crippen molar-refractivity contribution in [3.63, 3.8) is 0 Å². The minimum atomic E-state index is -0.195. The van der Waals surface area contributed by atoms with Crippen molar-refractivity contribution in [1.29, 1.82) is 0 Å². The van der Waals surface area contributed by atoms with E-state index in [-0.39, 0.29) is 17.6 Å². The molecule has 0 aliphatic heterocycles. The van der Waals surface area contributed by atoms with Gasteiger partial charge in [0, 0.05) is 12.7 Å². The van der Waals surface area contributed by atoms with Crippen LogP contribution < -0.4 is 11.0 Å². The topological polar surface area (TPSA) is 76.1 Å². The molecule has 134 valence electrons. The second kappa shape index (κ2) is 6.80. The van der Waals surface area contributed by atoms with Crippen molar-refractivity contribution in [1.82, 2.24) is 14.9 Å². The highest BCUT2D eigenvalue weighted by molar-refractivity contribution is 5.97. The minimum absolute atomic E-state index is 0.0414. The molecular formula is C20H21N3O3. The Morgan fingerprint density at radius 3 is 3.00 bits per heavy atom. The molecule has 0 saturated heterocycles. The number of carbonyl (C=O) groups excluding carboxylic acids is 1. The normalized spacial score (nSPS) is 16.0. The SMILES string of the molecule is COCCn1c(=O)[nH]c2cc(C(=O)NC3CCc4ccccc43)ccc21. The van der Waals surface area contributed by atoms with Crippen molar-refractivity contribution < 1.29 is 9.53 Å². The van der Waals surface area contributed by atoms with Crippen LogP contribution in [0.5, 0.6) is 0 Å². The van der Waals surface area contributed by atoms with Crippen molar-refractivity contribution in [3.05, 3.63) is 69.6 Å². The maximum Gasteiger partial charge on any atom is 0.326 e. The molecular weight excluding hydrogens is 330 g/mol. The average molecular weight is 351 g/mol. The fourth-order valence-electron chi connectivity index (χ4n) is 3.66. The van der Waals surface area contributed by atoms with Gasteiger partial charge in [-0.25, -0.2) is 4.79 Å². The molecule has 4 rings (SSSR count). The molecule has 6 heteroatoms. The van der Waals surface area contributed by atoms with Crippen LogP contribution in [0.1, 0.15) is 33.9 Å². The molecule has 0 saturated carbocycles. The van der Waals surface area contributed by atoms with Crippen molar-refractivity contribution in [2.75, 3.05) is 13.7 Å². The van der Waals surface area contributed by atoms with E-state index in [1.54, 1.807) is 29.9 Å². The molecule has 1 heterocycles. The molecule has 1 aliphatic carbocycles. The highest BCUT2D eigenvalue weighted by Crippen LogP contribution is 2.31. The highest BCUT2D eigenvalue weighted by atomic mass is 16.5. The quantitative estimate of drug-likeness (QED) is 0.741. The number of methoxy groups -OCH3 is 1. The number of fused-ring (bicyclic) bond motifs is 2. The van der Waals surface area contributed by atoms with Gasteiger partial charge in [0.1, 0.15) is 0 Å². The van der Waals surface area contributed by atoms with E-state index in [0.717, 1.165) is 18.4 Å². The number of amides is 1.